The Morgan fingerprint density at radius 1 is 1.38 bits per heavy atom. The Morgan fingerprint density at radius 3 is 2.76 bits per heavy atom. The fourth-order valence-electron chi connectivity index (χ4n) is 2.97. The first-order chi connectivity index (χ1) is 10.2. The van der Waals surface area contributed by atoms with E-state index in [9.17, 15) is 9.18 Å². The average Bonchev–Trinajstić information content (AvgIpc) is 2.89. The van der Waals surface area contributed by atoms with Gasteiger partial charge in [-0.05, 0) is 12.5 Å². The molecule has 0 saturated carbocycles. The van der Waals surface area contributed by atoms with Crippen LogP contribution in [0, 0.1) is 0 Å². The molecule has 116 valence electrons. The number of ether oxygens (including phenoxy) is 2. The van der Waals surface area contributed by atoms with Crippen LogP contribution >= 0.6 is 0 Å². The number of morpholine rings is 1. The molecule has 3 aliphatic rings. The number of amides is 1. The smallest absolute Gasteiger partial charge is 0.410 e. The Morgan fingerprint density at radius 2 is 2.14 bits per heavy atom. The van der Waals surface area contributed by atoms with E-state index in [2.05, 4.69) is 0 Å². The highest BCUT2D eigenvalue weighted by molar-refractivity contribution is 5.70. The lowest BCUT2D eigenvalue weighted by Crippen LogP contribution is -2.39. The number of nitrogens with zero attached hydrogens (tertiary/aromatic N) is 2. The van der Waals surface area contributed by atoms with Crippen LogP contribution in [0.4, 0.5) is 9.18 Å². The number of hydrogen-bond acceptors (Lipinski definition) is 4. The minimum atomic E-state index is -0.334. The Hall–Kier alpha value is -1.56. The second-order valence-corrected chi connectivity index (χ2v) is 5.59. The zero-order valence-corrected chi connectivity index (χ0v) is 12.3. The largest absolute Gasteiger partial charge is 0.444 e. The van der Waals surface area contributed by atoms with Gasteiger partial charge in [0.1, 0.15) is 11.9 Å². The molecule has 21 heavy (non-hydrogen) atoms. The van der Waals surface area contributed by atoms with E-state index in [1.54, 1.807) is 11.0 Å². The normalized spacial score (nSPS) is 30.1. The van der Waals surface area contributed by atoms with Crippen molar-refractivity contribution in [3.8, 4) is 0 Å². The number of allylic oxidation sites excluding steroid dienone is 1. The Balaban J connectivity index is 1.67. The molecule has 5 nitrogen and oxygen atoms in total. The minimum Gasteiger partial charge on any atom is -0.444 e. The number of rotatable bonds is 3. The van der Waals surface area contributed by atoms with Crippen molar-refractivity contribution in [2.75, 3.05) is 32.8 Å². The van der Waals surface area contributed by atoms with Gasteiger partial charge in [0.2, 0.25) is 0 Å². The molecular formula is C15H21FN2O3. The van der Waals surface area contributed by atoms with Gasteiger partial charge in [-0.25, -0.2) is 9.18 Å². The zero-order valence-electron chi connectivity index (χ0n) is 12.3. The maximum absolute atomic E-state index is 14.4. The number of cyclic esters (lactones) is 1. The van der Waals surface area contributed by atoms with Crippen LogP contribution in [-0.4, -0.2) is 60.9 Å². The van der Waals surface area contributed by atoms with Crippen molar-refractivity contribution >= 4 is 6.09 Å². The third kappa shape index (κ3) is 2.90. The summed E-state index contributed by atoms with van der Waals surface area (Å²) >= 11 is 0. The molecule has 6 heteroatoms. The first kappa shape index (κ1) is 14.4. The zero-order chi connectivity index (χ0) is 14.8. The molecule has 2 unspecified atom stereocenters. The Labute approximate surface area is 124 Å². The van der Waals surface area contributed by atoms with Crippen LogP contribution in [0.2, 0.25) is 0 Å². The highest BCUT2D eigenvalue weighted by Crippen LogP contribution is 2.29. The summed E-state index contributed by atoms with van der Waals surface area (Å²) in [5.74, 6) is -0.155. The highest BCUT2D eigenvalue weighted by atomic mass is 19.1. The summed E-state index contributed by atoms with van der Waals surface area (Å²) in [4.78, 5) is 15.5. The van der Waals surface area contributed by atoms with Gasteiger partial charge in [0, 0.05) is 19.5 Å². The minimum absolute atomic E-state index is 0.0708. The molecular weight excluding hydrogens is 275 g/mol. The van der Waals surface area contributed by atoms with Crippen LogP contribution < -0.4 is 0 Å². The van der Waals surface area contributed by atoms with E-state index >= 15 is 0 Å². The summed E-state index contributed by atoms with van der Waals surface area (Å²) in [7, 11) is 0. The molecule has 0 bridgehead atoms. The van der Waals surface area contributed by atoms with Crippen molar-refractivity contribution in [3.05, 3.63) is 23.7 Å². The number of carbonyl (C=O) groups is 1. The molecule has 0 spiro atoms. The molecule has 1 aliphatic carbocycles. The van der Waals surface area contributed by atoms with E-state index < -0.39 is 0 Å². The standard InChI is InChI=1S/C15H21FN2O3/c1-2-12-10-18(15(19)21-12)11-3-4-14(13(16)9-11)17-5-7-20-8-6-17/h3-4,11-12H,2,5-10H2,1H3. The maximum Gasteiger partial charge on any atom is 0.410 e. The average molecular weight is 296 g/mol. The number of halogens is 1. The van der Waals surface area contributed by atoms with Crippen molar-refractivity contribution < 1.29 is 18.7 Å². The highest BCUT2D eigenvalue weighted by Gasteiger charge is 2.36. The van der Waals surface area contributed by atoms with E-state index in [1.807, 2.05) is 17.9 Å². The lowest BCUT2D eigenvalue weighted by molar-refractivity contribution is 0.0535. The number of carbonyl (C=O) groups excluding carboxylic acids is 1. The summed E-state index contributed by atoms with van der Waals surface area (Å²) in [6.45, 7) is 5.21. The second-order valence-electron chi connectivity index (χ2n) is 5.59. The fourth-order valence-corrected chi connectivity index (χ4v) is 2.97. The molecule has 1 amide bonds. The van der Waals surface area contributed by atoms with E-state index in [4.69, 9.17) is 9.47 Å². The van der Waals surface area contributed by atoms with Gasteiger partial charge in [0.05, 0.1) is 31.5 Å². The number of hydrogen-bond donors (Lipinski definition) is 0. The SMILES string of the molecule is CCC1CN(C2C=CC(N3CCOCC3)=C(F)C2)C(=O)O1. The van der Waals surface area contributed by atoms with E-state index in [1.165, 1.54) is 0 Å². The predicted octanol–water partition coefficient (Wildman–Crippen LogP) is 2.06. The van der Waals surface area contributed by atoms with Crippen molar-refractivity contribution in [3.63, 3.8) is 0 Å². The molecule has 2 aliphatic heterocycles. The first-order valence-electron chi connectivity index (χ1n) is 7.56. The van der Waals surface area contributed by atoms with Crippen molar-refractivity contribution in [2.45, 2.75) is 31.9 Å². The third-order valence-electron chi connectivity index (χ3n) is 4.25. The first-order valence-corrected chi connectivity index (χ1v) is 7.56. The quantitative estimate of drug-likeness (QED) is 0.799. The lowest BCUT2D eigenvalue weighted by Gasteiger charge is -2.33. The predicted molar refractivity (Wildman–Crippen MR) is 75.3 cm³/mol. The van der Waals surface area contributed by atoms with Crippen LogP contribution in [-0.2, 0) is 9.47 Å². The van der Waals surface area contributed by atoms with Gasteiger partial charge in [-0.3, -0.25) is 4.90 Å². The van der Waals surface area contributed by atoms with Crippen LogP contribution in [0.5, 0.6) is 0 Å². The monoisotopic (exact) mass is 296 g/mol. The van der Waals surface area contributed by atoms with Crippen molar-refractivity contribution in [1.29, 1.82) is 0 Å². The molecule has 0 radical (unpaired) electrons. The molecule has 0 aromatic carbocycles. The topological polar surface area (TPSA) is 42.0 Å². The van der Waals surface area contributed by atoms with Crippen LogP contribution in [0.25, 0.3) is 0 Å². The summed E-state index contributed by atoms with van der Waals surface area (Å²) < 4.78 is 24.9. The van der Waals surface area contributed by atoms with Gasteiger partial charge < -0.3 is 14.4 Å². The van der Waals surface area contributed by atoms with Gasteiger partial charge in [-0.15, -0.1) is 0 Å². The Bertz CT molecular complexity index is 472. The molecule has 0 N–H and O–H groups in total. The lowest BCUT2D eigenvalue weighted by atomic mass is 10.0. The van der Waals surface area contributed by atoms with Gasteiger partial charge in [0.25, 0.3) is 0 Å². The van der Waals surface area contributed by atoms with Gasteiger partial charge in [-0.2, -0.15) is 0 Å². The summed E-state index contributed by atoms with van der Waals surface area (Å²) in [5, 5.41) is 0. The van der Waals surface area contributed by atoms with Crippen LogP contribution in [0.3, 0.4) is 0 Å². The molecule has 3 rings (SSSR count). The van der Waals surface area contributed by atoms with Crippen molar-refractivity contribution in [2.24, 2.45) is 0 Å². The van der Waals surface area contributed by atoms with Gasteiger partial charge >= 0.3 is 6.09 Å². The fraction of sp³-hybridized carbons (Fsp3) is 0.667. The van der Waals surface area contributed by atoms with Crippen LogP contribution in [0.15, 0.2) is 23.7 Å². The summed E-state index contributed by atoms with van der Waals surface area (Å²) in [5.41, 5.74) is 0.633. The van der Waals surface area contributed by atoms with Gasteiger partial charge in [-0.1, -0.05) is 13.0 Å². The van der Waals surface area contributed by atoms with E-state index in [0.717, 1.165) is 6.42 Å². The van der Waals surface area contributed by atoms with Crippen LogP contribution in [0.1, 0.15) is 19.8 Å². The Kier molecular flexibility index (Phi) is 4.14. The summed E-state index contributed by atoms with van der Waals surface area (Å²) in [6, 6.07) is -0.237. The van der Waals surface area contributed by atoms with Gasteiger partial charge in [0.15, 0.2) is 0 Å². The van der Waals surface area contributed by atoms with Crippen molar-refractivity contribution in [1.82, 2.24) is 9.80 Å². The van der Waals surface area contributed by atoms with E-state index in [0.29, 0.717) is 38.5 Å². The van der Waals surface area contributed by atoms with E-state index in [-0.39, 0.29) is 30.5 Å². The molecule has 0 aromatic heterocycles. The molecule has 2 atom stereocenters. The molecule has 2 saturated heterocycles. The molecule has 2 fully saturated rings. The molecule has 0 aromatic rings. The maximum atomic E-state index is 14.4. The summed E-state index contributed by atoms with van der Waals surface area (Å²) in [6.07, 6.45) is 4.32. The third-order valence-corrected chi connectivity index (χ3v) is 4.25. The second kappa shape index (κ2) is 6.05. The molecule has 2 heterocycles.